The van der Waals surface area contributed by atoms with Crippen molar-refractivity contribution < 1.29 is 0 Å². The number of nitrogens with one attached hydrogen (secondary N) is 2. The van der Waals surface area contributed by atoms with Gasteiger partial charge in [0.15, 0.2) is 0 Å². The van der Waals surface area contributed by atoms with Gasteiger partial charge < -0.3 is 10.6 Å². The Hall–Kier alpha value is -2.15. The minimum absolute atomic E-state index is 0.634. The van der Waals surface area contributed by atoms with E-state index in [4.69, 9.17) is 0 Å². The molecule has 110 valence electrons. The van der Waals surface area contributed by atoms with Gasteiger partial charge in [0.25, 0.3) is 0 Å². The SMILES string of the molecule is CCc1nn(C)cc1CNc1nc(NC)nc2sccc12. The molecule has 0 radical (unpaired) electrons. The van der Waals surface area contributed by atoms with Gasteiger partial charge in [0.05, 0.1) is 11.1 Å². The fourth-order valence-electron chi connectivity index (χ4n) is 2.31. The highest BCUT2D eigenvalue weighted by atomic mass is 32.1. The quantitative estimate of drug-likeness (QED) is 0.758. The van der Waals surface area contributed by atoms with E-state index in [1.54, 1.807) is 11.3 Å². The summed E-state index contributed by atoms with van der Waals surface area (Å²) in [6, 6.07) is 2.05. The number of hydrogen-bond acceptors (Lipinski definition) is 6. The minimum Gasteiger partial charge on any atom is -0.365 e. The second kappa shape index (κ2) is 5.69. The summed E-state index contributed by atoms with van der Waals surface area (Å²) in [7, 11) is 3.78. The van der Waals surface area contributed by atoms with Crippen LogP contribution in [-0.2, 0) is 20.0 Å². The Morgan fingerprint density at radius 3 is 2.95 bits per heavy atom. The molecular weight excluding hydrogens is 284 g/mol. The van der Waals surface area contributed by atoms with Crippen LogP contribution < -0.4 is 10.6 Å². The zero-order valence-electron chi connectivity index (χ0n) is 12.3. The van der Waals surface area contributed by atoms with Crippen molar-refractivity contribution in [1.29, 1.82) is 0 Å². The van der Waals surface area contributed by atoms with Gasteiger partial charge in [0.1, 0.15) is 10.6 Å². The van der Waals surface area contributed by atoms with Crippen molar-refractivity contribution in [1.82, 2.24) is 19.7 Å². The van der Waals surface area contributed by atoms with Gasteiger partial charge in [0, 0.05) is 32.4 Å². The fourth-order valence-corrected chi connectivity index (χ4v) is 3.07. The van der Waals surface area contributed by atoms with E-state index in [0.29, 0.717) is 12.5 Å². The van der Waals surface area contributed by atoms with Gasteiger partial charge in [-0.25, -0.2) is 4.98 Å². The summed E-state index contributed by atoms with van der Waals surface area (Å²) >= 11 is 1.62. The van der Waals surface area contributed by atoms with Crippen molar-refractivity contribution >= 4 is 33.3 Å². The molecule has 0 amide bonds. The van der Waals surface area contributed by atoms with Crippen molar-refractivity contribution in [3.8, 4) is 0 Å². The standard InChI is InChI=1S/C14H18N6S/c1-4-11-9(8-20(3)19-11)7-16-12-10-5-6-21-13(10)18-14(15-2)17-12/h5-6,8H,4,7H2,1-3H3,(H2,15,16,17,18). The first-order valence-electron chi connectivity index (χ1n) is 6.89. The molecule has 0 aliphatic rings. The summed E-state index contributed by atoms with van der Waals surface area (Å²) in [6.07, 6.45) is 2.98. The van der Waals surface area contributed by atoms with E-state index in [9.17, 15) is 0 Å². The summed E-state index contributed by atoms with van der Waals surface area (Å²) < 4.78 is 1.86. The van der Waals surface area contributed by atoms with Crippen LogP contribution in [0.5, 0.6) is 0 Å². The topological polar surface area (TPSA) is 67.7 Å². The second-order valence-electron chi connectivity index (χ2n) is 4.77. The van der Waals surface area contributed by atoms with Gasteiger partial charge in [-0.05, 0) is 17.9 Å². The van der Waals surface area contributed by atoms with Crippen LogP contribution in [0.1, 0.15) is 18.2 Å². The van der Waals surface area contributed by atoms with Crippen LogP contribution >= 0.6 is 11.3 Å². The zero-order valence-corrected chi connectivity index (χ0v) is 13.2. The number of rotatable bonds is 5. The molecule has 3 rings (SSSR count). The van der Waals surface area contributed by atoms with Crippen LogP contribution in [0.4, 0.5) is 11.8 Å². The van der Waals surface area contributed by atoms with Crippen molar-refractivity contribution in [2.45, 2.75) is 19.9 Å². The van der Waals surface area contributed by atoms with E-state index in [1.807, 2.05) is 30.2 Å². The molecule has 6 nitrogen and oxygen atoms in total. The van der Waals surface area contributed by atoms with Crippen LogP contribution in [0.2, 0.25) is 0 Å². The Morgan fingerprint density at radius 1 is 1.33 bits per heavy atom. The lowest BCUT2D eigenvalue weighted by atomic mass is 10.2. The summed E-state index contributed by atoms with van der Waals surface area (Å²) in [5, 5.41) is 14.0. The van der Waals surface area contributed by atoms with Gasteiger partial charge in [0.2, 0.25) is 5.95 Å². The summed E-state index contributed by atoms with van der Waals surface area (Å²) in [4.78, 5) is 9.95. The molecule has 21 heavy (non-hydrogen) atoms. The number of nitrogens with zero attached hydrogens (tertiary/aromatic N) is 4. The Labute approximate surface area is 127 Å². The van der Waals surface area contributed by atoms with E-state index < -0.39 is 0 Å². The van der Waals surface area contributed by atoms with Crippen LogP contribution in [0.25, 0.3) is 10.2 Å². The molecule has 3 aromatic rings. The third-order valence-corrected chi connectivity index (χ3v) is 4.13. The first-order valence-corrected chi connectivity index (χ1v) is 7.77. The van der Waals surface area contributed by atoms with E-state index in [0.717, 1.165) is 28.1 Å². The largest absolute Gasteiger partial charge is 0.365 e. The molecule has 0 aliphatic carbocycles. The highest BCUT2D eigenvalue weighted by Gasteiger charge is 2.10. The fraction of sp³-hybridized carbons (Fsp3) is 0.357. The zero-order chi connectivity index (χ0) is 14.8. The average Bonchev–Trinajstić information content (AvgIpc) is 3.10. The second-order valence-corrected chi connectivity index (χ2v) is 5.66. The molecule has 0 unspecified atom stereocenters. The lowest BCUT2D eigenvalue weighted by Gasteiger charge is -2.08. The highest BCUT2D eigenvalue weighted by Crippen LogP contribution is 2.26. The molecule has 3 aromatic heterocycles. The van der Waals surface area contributed by atoms with Crippen molar-refractivity contribution in [3.05, 3.63) is 28.9 Å². The van der Waals surface area contributed by atoms with E-state index in [-0.39, 0.29) is 0 Å². The number of anilines is 2. The molecule has 0 aromatic carbocycles. The maximum Gasteiger partial charge on any atom is 0.225 e. The molecule has 2 N–H and O–H groups in total. The molecule has 3 heterocycles. The van der Waals surface area contributed by atoms with Crippen LogP contribution in [0.3, 0.4) is 0 Å². The van der Waals surface area contributed by atoms with Gasteiger partial charge in [-0.2, -0.15) is 10.1 Å². The lowest BCUT2D eigenvalue weighted by molar-refractivity contribution is 0.746. The Balaban J connectivity index is 1.89. The van der Waals surface area contributed by atoms with Gasteiger partial charge in [-0.15, -0.1) is 11.3 Å². The van der Waals surface area contributed by atoms with E-state index in [1.165, 1.54) is 5.56 Å². The number of aryl methyl sites for hydroxylation is 2. The van der Waals surface area contributed by atoms with E-state index in [2.05, 4.69) is 38.8 Å². The molecule has 0 aliphatic heterocycles. The molecule has 0 fully saturated rings. The molecule has 0 bridgehead atoms. The van der Waals surface area contributed by atoms with Crippen molar-refractivity contribution in [3.63, 3.8) is 0 Å². The highest BCUT2D eigenvalue weighted by molar-refractivity contribution is 7.16. The van der Waals surface area contributed by atoms with Crippen molar-refractivity contribution in [2.24, 2.45) is 7.05 Å². The monoisotopic (exact) mass is 302 g/mol. The molecule has 0 atom stereocenters. The van der Waals surface area contributed by atoms with Gasteiger partial charge in [-0.3, -0.25) is 4.68 Å². The normalized spacial score (nSPS) is 11.0. The van der Waals surface area contributed by atoms with Crippen LogP contribution in [0, 0.1) is 0 Å². The van der Waals surface area contributed by atoms with E-state index >= 15 is 0 Å². The summed E-state index contributed by atoms with van der Waals surface area (Å²) in [5.41, 5.74) is 2.32. The minimum atomic E-state index is 0.634. The molecular formula is C14H18N6S. The lowest BCUT2D eigenvalue weighted by Crippen LogP contribution is -2.05. The third-order valence-electron chi connectivity index (χ3n) is 3.32. The molecule has 0 saturated carbocycles. The van der Waals surface area contributed by atoms with Crippen LogP contribution in [-0.4, -0.2) is 26.8 Å². The maximum absolute atomic E-state index is 4.52. The number of aromatic nitrogens is 4. The predicted octanol–water partition coefficient (Wildman–Crippen LogP) is 2.64. The van der Waals surface area contributed by atoms with Gasteiger partial charge in [-0.1, -0.05) is 6.92 Å². The van der Waals surface area contributed by atoms with Gasteiger partial charge >= 0.3 is 0 Å². The first kappa shape index (κ1) is 13.8. The molecule has 7 heteroatoms. The molecule has 0 spiro atoms. The average molecular weight is 302 g/mol. The third kappa shape index (κ3) is 2.69. The van der Waals surface area contributed by atoms with Crippen molar-refractivity contribution in [2.75, 3.05) is 17.7 Å². The smallest absolute Gasteiger partial charge is 0.225 e. The summed E-state index contributed by atoms with van der Waals surface area (Å²) in [6.45, 7) is 2.83. The Morgan fingerprint density at radius 2 is 2.19 bits per heavy atom. The Bertz CT molecular complexity index is 760. The first-order chi connectivity index (χ1) is 10.2. The van der Waals surface area contributed by atoms with Crippen LogP contribution in [0.15, 0.2) is 17.6 Å². The predicted molar refractivity (Wildman–Crippen MR) is 86.9 cm³/mol. The number of thiophene rings is 1. The number of hydrogen-bond donors (Lipinski definition) is 2. The Kier molecular flexibility index (Phi) is 3.74. The molecule has 0 saturated heterocycles. The number of fused-ring (bicyclic) bond motifs is 1. The summed E-state index contributed by atoms with van der Waals surface area (Å²) in [5.74, 6) is 1.49. The maximum atomic E-state index is 4.52.